The molecule has 116 valence electrons. The smallest absolute Gasteiger partial charge is 0.329 e. The third-order valence-corrected chi connectivity index (χ3v) is 4.27. The first-order valence-electron chi connectivity index (χ1n) is 7.18. The van der Waals surface area contributed by atoms with Crippen LogP contribution < -0.4 is 4.74 Å². The van der Waals surface area contributed by atoms with Crippen LogP contribution in [-0.2, 0) is 4.79 Å². The van der Waals surface area contributed by atoms with Crippen LogP contribution in [0.2, 0.25) is 0 Å². The third-order valence-electron chi connectivity index (χ3n) is 2.81. The van der Waals surface area contributed by atoms with E-state index in [-0.39, 0.29) is 5.41 Å². The van der Waals surface area contributed by atoms with Crippen LogP contribution in [-0.4, -0.2) is 17.7 Å². The predicted octanol–water partition coefficient (Wildman–Crippen LogP) is 4.97. The van der Waals surface area contributed by atoms with Gasteiger partial charge in [0.25, 0.3) is 0 Å². The Balaban J connectivity index is 2.75. The molecule has 1 aromatic rings. The summed E-state index contributed by atoms with van der Waals surface area (Å²) in [7, 11) is 0. The predicted molar refractivity (Wildman–Crippen MR) is 87.9 cm³/mol. The maximum atomic E-state index is 10.9. The van der Waals surface area contributed by atoms with E-state index in [1.54, 1.807) is 0 Å². The molecular weight excluding hydrogens is 284 g/mol. The van der Waals surface area contributed by atoms with Gasteiger partial charge in [0.2, 0.25) is 0 Å². The Morgan fingerprint density at radius 1 is 1.29 bits per heavy atom. The van der Waals surface area contributed by atoms with Gasteiger partial charge in [-0.1, -0.05) is 45.9 Å². The highest BCUT2D eigenvalue weighted by molar-refractivity contribution is 8.03. The number of thioether (sulfide) groups is 1. The fourth-order valence-corrected chi connectivity index (χ4v) is 2.57. The van der Waals surface area contributed by atoms with Gasteiger partial charge in [-0.05, 0) is 36.1 Å². The lowest BCUT2D eigenvalue weighted by Crippen LogP contribution is -2.08. The fourth-order valence-electron chi connectivity index (χ4n) is 1.58. The Kier molecular flexibility index (Phi) is 6.82. The molecule has 0 saturated carbocycles. The minimum absolute atomic E-state index is 0.195. The summed E-state index contributed by atoms with van der Waals surface area (Å²) in [5, 5.41) is 8.98. The number of aliphatic carboxylic acids is 1. The summed E-state index contributed by atoms with van der Waals surface area (Å²) in [6.45, 7) is 8.89. The molecule has 0 fully saturated rings. The highest BCUT2D eigenvalue weighted by atomic mass is 32.2. The number of carboxylic acid groups (broad SMARTS) is 1. The molecule has 0 amide bonds. The van der Waals surface area contributed by atoms with Gasteiger partial charge >= 0.3 is 5.97 Å². The summed E-state index contributed by atoms with van der Waals surface area (Å²) < 4.78 is 5.62. The van der Waals surface area contributed by atoms with Crippen molar-refractivity contribution in [2.75, 3.05) is 6.61 Å². The largest absolute Gasteiger partial charge is 0.494 e. The van der Waals surface area contributed by atoms with E-state index in [0.29, 0.717) is 0 Å². The van der Waals surface area contributed by atoms with Gasteiger partial charge in [-0.25, -0.2) is 4.79 Å². The molecule has 4 heteroatoms. The van der Waals surface area contributed by atoms with Crippen molar-refractivity contribution in [3.8, 4) is 5.75 Å². The van der Waals surface area contributed by atoms with Crippen molar-refractivity contribution >= 4 is 17.7 Å². The van der Waals surface area contributed by atoms with Gasteiger partial charge in [-0.15, -0.1) is 0 Å². The Labute approximate surface area is 131 Å². The molecule has 0 spiro atoms. The second-order valence-corrected chi connectivity index (χ2v) is 6.99. The normalized spacial score (nSPS) is 12.3. The molecule has 0 aliphatic carbocycles. The van der Waals surface area contributed by atoms with Gasteiger partial charge in [0.1, 0.15) is 5.75 Å². The minimum Gasteiger partial charge on any atom is -0.494 e. The average molecular weight is 308 g/mol. The van der Waals surface area contributed by atoms with Crippen LogP contribution in [0, 0.1) is 5.41 Å². The Bertz CT molecular complexity index is 484. The first kappa shape index (κ1) is 17.6. The zero-order valence-corrected chi connectivity index (χ0v) is 14.0. The van der Waals surface area contributed by atoms with Crippen LogP contribution >= 0.6 is 11.8 Å². The highest BCUT2D eigenvalue weighted by Crippen LogP contribution is 2.39. The lowest BCUT2D eigenvalue weighted by molar-refractivity contribution is -0.131. The number of carboxylic acids is 1. The molecule has 21 heavy (non-hydrogen) atoms. The molecule has 0 aliphatic heterocycles. The van der Waals surface area contributed by atoms with Crippen molar-refractivity contribution < 1.29 is 14.6 Å². The van der Waals surface area contributed by atoms with Crippen molar-refractivity contribution in [1.82, 2.24) is 0 Å². The number of allylic oxidation sites excluding steroid dienone is 1. The summed E-state index contributed by atoms with van der Waals surface area (Å²) in [6, 6.07) is 7.79. The first-order chi connectivity index (χ1) is 9.82. The molecule has 3 nitrogen and oxygen atoms in total. The van der Waals surface area contributed by atoms with Crippen molar-refractivity contribution in [1.29, 1.82) is 0 Å². The van der Waals surface area contributed by atoms with Crippen LogP contribution in [0.3, 0.4) is 0 Å². The lowest BCUT2D eigenvalue weighted by atomic mass is 9.96. The van der Waals surface area contributed by atoms with E-state index >= 15 is 0 Å². The third kappa shape index (κ3) is 6.71. The SMILES string of the molecule is CCCCOc1ccc(SC(=CC(=O)O)C(C)(C)C)cc1. The second kappa shape index (κ2) is 8.13. The van der Waals surface area contributed by atoms with Gasteiger partial charge in [-0.2, -0.15) is 0 Å². The number of rotatable bonds is 7. The first-order valence-corrected chi connectivity index (χ1v) is 8.00. The molecule has 0 bridgehead atoms. The average Bonchev–Trinajstić information content (AvgIpc) is 2.39. The number of benzene rings is 1. The number of hydrogen-bond donors (Lipinski definition) is 1. The molecule has 1 aromatic carbocycles. The summed E-state index contributed by atoms with van der Waals surface area (Å²) in [4.78, 5) is 12.8. The number of unbranched alkanes of at least 4 members (excludes halogenated alkanes) is 1. The summed E-state index contributed by atoms with van der Waals surface area (Å²) in [6.07, 6.45) is 3.45. The van der Waals surface area contributed by atoms with Crippen molar-refractivity contribution in [2.45, 2.75) is 45.4 Å². The van der Waals surface area contributed by atoms with Gasteiger partial charge in [0.05, 0.1) is 6.61 Å². The van der Waals surface area contributed by atoms with Crippen LogP contribution in [0.15, 0.2) is 40.1 Å². The van der Waals surface area contributed by atoms with E-state index in [4.69, 9.17) is 9.84 Å². The lowest BCUT2D eigenvalue weighted by Gasteiger charge is -2.22. The van der Waals surface area contributed by atoms with E-state index in [0.717, 1.165) is 35.0 Å². The number of ether oxygens (including phenoxy) is 1. The monoisotopic (exact) mass is 308 g/mol. The summed E-state index contributed by atoms with van der Waals surface area (Å²) in [5.41, 5.74) is -0.195. The van der Waals surface area contributed by atoms with Crippen molar-refractivity contribution in [3.63, 3.8) is 0 Å². The van der Waals surface area contributed by atoms with Crippen molar-refractivity contribution in [3.05, 3.63) is 35.2 Å². The molecule has 0 radical (unpaired) electrons. The zero-order valence-electron chi connectivity index (χ0n) is 13.2. The molecule has 1 rings (SSSR count). The van der Waals surface area contributed by atoms with Crippen LogP contribution in [0.1, 0.15) is 40.5 Å². The second-order valence-electron chi connectivity index (χ2n) is 5.87. The highest BCUT2D eigenvalue weighted by Gasteiger charge is 2.19. The summed E-state index contributed by atoms with van der Waals surface area (Å²) in [5.74, 6) is -0.0562. The molecule has 0 heterocycles. The molecule has 0 aromatic heterocycles. The molecule has 0 atom stereocenters. The Hall–Kier alpha value is -1.42. The van der Waals surface area contributed by atoms with Crippen LogP contribution in [0.5, 0.6) is 5.75 Å². The number of carbonyl (C=O) groups is 1. The molecule has 1 N–H and O–H groups in total. The molecule has 0 saturated heterocycles. The molecule has 0 unspecified atom stereocenters. The maximum absolute atomic E-state index is 10.9. The van der Waals surface area contributed by atoms with E-state index in [1.807, 2.05) is 45.0 Å². The van der Waals surface area contributed by atoms with Gasteiger partial charge in [-0.3, -0.25) is 0 Å². The van der Waals surface area contributed by atoms with Crippen LogP contribution in [0.4, 0.5) is 0 Å². The van der Waals surface area contributed by atoms with Gasteiger partial charge in [0, 0.05) is 15.9 Å². The Morgan fingerprint density at radius 2 is 1.90 bits per heavy atom. The molecule has 0 aliphatic rings. The van der Waals surface area contributed by atoms with Gasteiger partial charge in [0.15, 0.2) is 0 Å². The molecular formula is C17H24O3S. The van der Waals surface area contributed by atoms with E-state index in [2.05, 4.69) is 6.92 Å². The van der Waals surface area contributed by atoms with Crippen LogP contribution in [0.25, 0.3) is 0 Å². The summed E-state index contributed by atoms with van der Waals surface area (Å²) >= 11 is 1.49. The minimum atomic E-state index is -0.910. The Morgan fingerprint density at radius 3 is 2.38 bits per heavy atom. The zero-order chi connectivity index (χ0) is 15.9. The standard InChI is InChI=1S/C17H24O3S/c1-5-6-11-20-13-7-9-14(10-8-13)21-15(12-16(18)19)17(2,3)4/h7-10,12H,5-6,11H2,1-4H3,(H,18,19). The van der Waals surface area contributed by atoms with E-state index < -0.39 is 5.97 Å². The quantitative estimate of drug-likeness (QED) is 0.439. The fraction of sp³-hybridized carbons (Fsp3) is 0.471. The van der Waals surface area contributed by atoms with Gasteiger partial charge < -0.3 is 9.84 Å². The topological polar surface area (TPSA) is 46.5 Å². The van der Waals surface area contributed by atoms with E-state index in [1.165, 1.54) is 17.8 Å². The maximum Gasteiger partial charge on any atom is 0.329 e. The van der Waals surface area contributed by atoms with E-state index in [9.17, 15) is 4.79 Å². The number of hydrogen-bond acceptors (Lipinski definition) is 3. The van der Waals surface area contributed by atoms with Crippen molar-refractivity contribution in [2.24, 2.45) is 5.41 Å².